The lowest BCUT2D eigenvalue weighted by atomic mass is 9.95. The van der Waals surface area contributed by atoms with Gasteiger partial charge in [-0.3, -0.25) is 4.79 Å². The molecule has 4 rings (SSSR count). The molecule has 0 saturated heterocycles. The Hall–Kier alpha value is -2.48. The summed E-state index contributed by atoms with van der Waals surface area (Å²) in [5, 5.41) is 4.23. The summed E-state index contributed by atoms with van der Waals surface area (Å²) in [4.78, 5) is 26.5. The number of esters is 1. The van der Waals surface area contributed by atoms with Crippen molar-refractivity contribution >= 4 is 51.4 Å². The maximum atomic E-state index is 12.8. The SMILES string of the molecule is CCOC(=O)c1c(NC(=O)c2ccc(COc3ccc(Cl)cc3Cl)o2)sc2c1CCCC2. The van der Waals surface area contributed by atoms with Gasteiger partial charge in [-0.25, -0.2) is 4.79 Å². The van der Waals surface area contributed by atoms with Gasteiger partial charge in [-0.05, 0) is 68.5 Å². The molecule has 0 bridgehead atoms. The molecule has 6 nitrogen and oxygen atoms in total. The number of fused-ring (bicyclic) bond motifs is 1. The number of carbonyl (C=O) groups is 2. The van der Waals surface area contributed by atoms with Gasteiger partial charge in [0.15, 0.2) is 5.76 Å². The molecule has 0 fully saturated rings. The van der Waals surface area contributed by atoms with Crippen LogP contribution in [0, 0.1) is 0 Å². The van der Waals surface area contributed by atoms with Crippen LogP contribution >= 0.6 is 34.5 Å². The van der Waals surface area contributed by atoms with Gasteiger partial charge < -0.3 is 19.2 Å². The Kier molecular flexibility index (Phi) is 7.08. The summed E-state index contributed by atoms with van der Waals surface area (Å²) in [7, 11) is 0. The zero-order valence-corrected chi connectivity index (χ0v) is 19.7. The molecule has 168 valence electrons. The number of halogens is 2. The molecule has 0 saturated carbocycles. The van der Waals surface area contributed by atoms with E-state index in [1.807, 2.05) is 0 Å². The second kappa shape index (κ2) is 9.98. The van der Waals surface area contributed by atoms with Crippen LogP contribution in [0.2, 0.25) is 10.0 Å². The van der Waals surface area contributed by atoms with E-state index in [4.69, 9.17) is 37.1 Å². The fourth-order valence-corrected chi connectivity index (χ4v) is 5.29. The standard InChI is InChI=1S/C23H21Cl2NO5S/c1-2-29-23(28)20-15-5-3-4-6-19(15)32-22(20)26-21(27)18-10-8-14(31-18)12-30-17-9-7-13(24)11-16(17)25/h7-11H,2-6,12H2,1H3,(H,26,27). The molecule has 0 unspecified atom stereocenters. The van der Waals surface area contributed by atoms with Crippen LogP contribution in [0.3, 0.4) is 0 Å². The van der Waals surface area contributed by atoms with Crippen molar-refractivity contribution in [2.24, 2.45) is 0 Å². The number of thiophene rings is 1. The molecule has 32 heavy (non-hydrogen) atoms. The van der Waals surface area contributed by atoms with E-state index < -0.39 is 11.9 Å². The van der Waals surface area contributed by atoms with Gasteiger partial charge in [0.05, 0.1) is 17.2 Å². The average Bonchev–Trinajstić information content (AvgIpc) is 3.37. The third kappa shape index (κ3) is 4.95. The topological polar surface area (TPSA) is 77.8 Å². The highest BCUT2D eigenvalue weighted by Crippen LogP contribution is 2.39. The molecule has 0 aliphatic heterocycles. The van der Waals surface area contributed by atoms with E-state index >= 15 is 0 Å². The third-order valence-electron chi connectivity index (χ3n) is 5.03. The van der Waals surface area contributed by atoms with Gasteiger partial charge in [0.2, 0.25) is 0 Å². The summed E-state index contributed by atoms with van der Waals surface area (Å²) >= 11 is 13.4. The van der Waals surface area contributed by atoms with Gasteiger partial charge in [0.25, 0.3) is 5.91 Å². The highest BCUT2D eigenvalue weighted by Gasteiger charge is 2.28. The quantitative estimate of drug-likeness (QED) is 0.378. The molecule has 2 aromatic heterocycles. The number of rotatable bonds is 7. The summed E-state index contributed by atoms with van der Waals surface area (Å²) in [6, 6.07) is 8.14. The van der Waals surface area contributed by atoms with Gasteiger partial charge in [-0.1, -0.05) is 23.2 Å². The Balaban J connectivity index is 1.47. The number of amides is 1. The molecule has 0 atom stereocenters. The first kappa shape index (κ1) is 22.7. The van der Waals surface area contributed by atoms with Crippen LogP contribution in [-0.4, -0.2) is 18.5 Å². The fraction of sp³-hybridized carbons (Fsp3) is 0.304. The number of ether oxygens (including phenoxy) is 2. The highest BCUT2D eigenvalue weighted by molar-refractivity contribution is 7.17. The molecule has 1 N–H and O–H groups in total. The molecule has 0 spiro atoms. The van der Waals surface area contributed by atoms with Crippen LogP contribution in [0.4, 0.5) is 5.00 Å². The van der Waals surface area contributed by atoms with E-state index in [0.717, 1.165) is 36.1 Å². The van der Waals surface area contributed by atoms with Crippen molar-refractivity contribution in [3.8, 4) is 5.75 Å². The fourth-order valence-electron chi connectivity index (χ4n) is 3.56. The van der Waals surface area contributed by atoms with Crippen molar-refractivity contribution in [1.29, 1.82) is 0 Å². The van der Waals surface area contributed by atoms with Crippen molar-refractivity contribution in [2.75, 3.05) is 11.9 Å². The van der Waals surface area contributed by atoms with E-state index in [2.05, 4.69) is 5.32 Å². The van der Waals surface area contributed by atoms with Crippen molar-refractivity contribution in [3.63, 3.8) is 0 Å². The molecule has 2 heterocycles. The largest absolute Gasteiger partial charge is 0.484 e. The van der Waals surface area contributed by atoms with E-state index in [1.54, 1.807) is 37.3 Å². The van der Waals surface area contributed by atoms with Crippen LogP contribution in [0.15, 0.2) is 34.7 Å². The summed E-state index contributed by atoms with van der Waals surface area (Å²) in [5.41, 5.74) is 1.45. The van der Waals surface area contributed by atoms with Gasteiger partial charge in [-0.15, -0.1) is 11.3 Å². The summed E-state index contributed by atoms with van der Waals surface area (Å²) in [6.45, 7) is 2.13. The van der Waals surface area contributed by atoms with Crippen molar-refractivity contribution in [3.05, 3.63) is 67.9 Å². The van der Waals surface area contributed by atoms with E-state index in [1.165, 1.54) is 11.3 Å². The molecule has 1 amide bonds. The molecule has 1 aliphatic carbocycles. The van der Waals surface area contributed by atoms with Crippen LogP contribution in [0.25, 0.3) is 0 Å². The summed E-state index contributed by atoms with van der Waals surface area (Å²) in [5.74, 6) is 0.187. The van der Waals surface area contributed by atoms with Gasteiger partial charge in [-0.2, -0.15) is 0 Å². The number of hydrogen-bond acceptors (Lipinski definition) is 6. The molecule has 9 heteroatoms. The molecular weight excluding hydrogens is 473 g/mol. The van der Waals surface area contributed by atoms with E-state index in [9.17, 15) is 9.59 Å². The summed E-state index contributed by atoms with van der Waals surface area (Å²) in [6.07, 6.45) is 3.80. The number of anilines is 1. The molecular formula is C23H21Cl2NO5S. The number of carbonyl (C=O) groups excluding carboxylic acids is 2. The van der Waals surface area contributed by atoms with E-state index in [0.29, 0.717) is 32.1 Å². The van der Waals surface area contributed by atoms with Gasteiger partial charge >= 0.3 is 5.97 Å². The first-order valence-corrected chi connectivity index (χ1v) is 11.8. The maximum Gasteiger partial charge on any atom is 0.341 e. The molecule has 1 aliphatic rings. The smallest absolute Gasteiger partial charge is 0.341 e. The first-order valence-electron chi connectivity index (χ1n) is 10.3. The van der Waals surface area contributed by atoms with E-state index in [-0.39, 0.29) is 19.0 Å². The Morgan fingerprint density at radius 2 is 1.97 bits per heavy atom. The predicted octanol–water partition coefficient (Wildman–Crippen LogP) is 6.53. The van der Waals surface area contributed by atoms with Crippen LogP contribution in [0.5, 0.6) is 5.75 Å². The highest BCUT2D eigenvalue weighted by atomic mass is 35.5. The Bertz CT molecular complexity index is 1150. The number of aryl methyl sites for hydroxylation is 1. The van der Waals surface area contributed by atoms with Crippen molar-refractivity contribution < 1.29 is 23.5 Å². The normalized spacial score (nSPS) is 12.8. The Morgan fingerprint density at radius 1 is 1.16 bits per heavy atom. The summed E-state index contributed by atoms with van der Waals surface area (Å²) < 4.78 is 16.5. The minimum Gasteiger partial charge on any atom is -0.484 e. The van der Waals surface area contributed by atoms with Crippen molar-refractivity contribution in [2.45, 2.75) is 39.2 Å². The second-order valence-corrected chi connectivity index (χ2v) is 9.17. The molecule has 0 radical (unpaired) electrons. The van der Waals surface area contributed by atoms with Gasteiger partial charge in [0.1, 0.15) is 23.1 Å². The lowest BCUT2D eigenvalue weighted by Crippen LogP contribution is -2.15. The zero-order chi connectivity index (χ0) is 22.7. The number of nitrogens with one attached hydrogen (secondary N) is 1. The van der Waals surface area contributed by atoms with Gasteiger partial charge in [0, 0.05) is 9.90 Å². The molecule has 3 aromatic rings. The minimum absolute atomic E-state index is 0.0933. The molecule has 1 aromatic carbocycles. The average molecular weight is 494 g/mol. The lowest BCUT2D eigenvalue weighted by Gasteiger charge is -2.12. The Labute approximate surface area is 199 Å². The maximum absolute atomic E-state index is 12.8. The monoisotopic (exact) mass is 493 g/mol. The minimum atomic E-state index is -0.440. The Morgan fingerprint density at radius 3 is 2.75 bits per heavy atom. The van der Waals surface area contributed by atoms with Crippen molar-refractivity contribution in [1.82, 2.24) is 0 Å². The van der Waals surface area contributed by atoms with Crippen LogP contribution in [-0.2, 0) is 24.2 Å². The van der Waals surface area contributed by atoms with Crippen LogP contribution < -0.4 is 10.1 Å². The number of benzene rings is 1. The third-order valence-corrected chi connectivity index (χ3v) is 6.76. The zero-order valence-electron chi connectivity index (χ0n) is 17.3. The number of furan rings is 1. The number of hydrogen-bond donors (Lipinski definition) is 1. The first-order chi connectivity index (χ1) is 15.5. The predicted molar refractivity (Wildman–Crippen MR) is 124 cm³/mol. The lowest BCUT2D eigenvalue weighted by molar-refractivity contribution is 0.0526. The van der Waals surface area contributed by atoms with Crippen LogP contribution in [0.1, 0.15) is 56.9 Å². The second-order valence-electron chi connectivity index (χ2n) is 7.22.